The highest BCUT2D eigenvalue weighted by Crippen LogP contribution is 2.48. The fourth-order valence-electron chi connectivity index (χ4n) is 4.25. The molecule has 2 aliphatic rings. The van der Waals surface area contributed by atoms with Crippen molar-refractivity contribution in [1.82, 2.24) is 15.0 Å². The molecule has 5 nitrogen and oxygen atoms in total. The van der Waals surface area contributed by atoms with Crippen LogP contribution in [-0.4, -0.2) is 20.9 Å². The summed E-state index contributed by atoms with van der Waals surface area (Å²) < 4.78 is 2.02. The molecule has 0 saturated heterocycles. The summed E-state index contributed by atoms with van der Waals surface area (Å²) in [6.45, 7) is 8.61. The first-order chi connectivity index (χ1) is 12.9. The Labute approximate surface area is 158 Å². The number of fused-ring (bicyclic) bond motifs is 2. The van der Waals surface area contributed by atoms with E-state index in [1.165, 1.54) is 11.1 Å². The quantitative estimate of drug-likeness (QED) is 0.597. The summed E-state index contributed by atoms with van der Waals surface area (Å²) in [7, 11) is 0. The average molecular weight is 358 g/mol. The molecule has 0 N–H and O–H groups in total. The molecule has 1 atom stereocenters. The summed E-state index contributed by atoms with van der Waals surface area (Å²) in [4.78, 5) is 15.3. The van der Waals surface area contributed by atoms with Crippen molar-refractivity contribution in [3.63, 3.8) is 0 Å². The number of hydrogen-bond donors (Lipinski definition) is 0. The molecule has 3 heterocycles. The van der Waals surface area contributed by atoms with Crippen LogP contribution in [0.3, 0.4) is 0 Å². The summed E-state index contributed by atoms with van der Waals surface area (Å²) >= 11 is 0. The molecule has 0 radical (unpaired) electrons. The van der Waals surface area contributed by atoms with Crippen molar-refractivity contribution in [2.45, 2.75) is 40.3 Å². The maximum absolute atomic E-state index is 13.4. The molecule has 136 valence electrons. The van der Waals surface area contributed by atoms with Gasteiger partial charge in [0.1, 0.15) is 5.69 Å². The van der Waals surface area contributed by atoms with Gasteiger partial charge in [0.25, 0.3) is 0 Å². The number of amides is 1. The predicted molar refractivity (Wildman–Crippen MR) is 105 cm³/mol. The van der Waals surface area contributed by atoms with Gasteiger partial charge in [-0.15, -0.1) is 5.10 Å². The van der Waals surface area contributed by atoms with Crippen molar-refractivity contribution >= 4 is 11.6 Å². The minimum atomic E-state index is -0.474. The Kier molecular flexibility index (Phi) is 3.18. The molecule has 1 aromatic heterocycles. The van der Waals surface area contributed by atoms with Gasteiger partial charge in [-0.1, -0.05) is 62.4 Å². The lowest BCUT2D eigenvalue weighted by Crippen LogP contribution is -2.39. The number of aromatic nitrogens is 3. The second-order valence-electron chi connectivity index (χ2n) is 8.45. The van der Waals surface area contributed by atoms with Crippen molar-refractivity contribution in [1.29, 1.82) is 0 Å². The highest BCUT2D eigenvalue weighted by molar-refractivity contribution is 6.02. The minimum Gasteiger partial charge on any atom is -0.307 e. The molecule has 0 aliphatic carbocycles. The standard InChI is InChI=1S/C22H22N4O/c1-13-15-10-7-8-14-12-25(21(27)22(2,3)4)17-11-6-5-9-16(17)19-20(18(14)15)26(13)24-23-19/h5-11,13H,12H2,1-4H3. The number of benzene rings is 2. The zero-order chi connectivity index (χ0) is 18.9. The van der Waals surface area contributed by atoms with Crippen LogP contribution in [-0.2, 0) is 11.3 Å². The van der Waals surface area contributed by atoms with E-state index < -0.39 is 5.41 Å². The fourth-order valence-corrected chi connectivity index (χ4v) is 4.25. The van der Waals surface area contributed by atoms with E-state index in [1.807, 2.05) is 54.6 Å². The molecule has 2 aliphatic heterocycles. The van der Waals surface area contributed by atoms with E-state index in [2.05, 4.69) is 35.4 Å². The van der Waals surface area contributed by atoms with E-state index in [0.29, 0.717) is 6.54 Å². The molecule has 0 saturated carbocycles. The van der Waals surface area contributed by atoms with Crippen LogP contribution in [0.15, 0.2) is 42.5 Å². The summed E-state index contributed by atoms with van der Waals surface area (Å²) in [5.74, 6) is 0.106. The molecule has 1 amide bonds. The lowest BCUT2D eigenvalue weighted by molar-refractivity contribution is -0.125. The Hall–Kier alpha value is -2.95. The highest BCUT2D eigenvalue weighted by atomic mass is 16.2. The van der Waals surface area contributed by atoms with Crippen LogP contribution < -0.4 is 4.90 Å². The third-order valence-corrected chi connectivity index (χ3v) is 5.60. The SMILES string of the molecule is CC1c2cccc3c2-c2c(nnn21)-c1ccccc1N(C(=O)C(C)(C)C)C3. The number of para-hydroxylation sites is 1. The smallest absolute Gasteiger partial charge is 0.232 e. The lowest BCUT2D eigenvalue weighted by atomic mass is 9.90. The molecule has 5 heteroatoms. The van der Waals surface area contributed by atoms with Crippen LogP contribution >= 0.6 is 0 Å². The van der Waals surface area contributed by atoms with E-state index in [9.17, 15) is 4.79 Å². The monoisotopic (exact) mass is 358 g/mol. The Morgan fingerprint density at radius 3 is 2.67 bits per heavy atom. The van der Waals surface area contributed by atoms with E-state index in [0.717, 1.165) is 28.2 Å². The molecule has 27 heavy (non-hydrogen) atoms. The fraction of sp³-hybridized carbons (Fsp3) is 0.318. The van der Waals surface area contributed by atoms with Crippen LogP contribution in [0.1, 0.15) is 44.9 Å². The normalized spacial score (nSPS) is 17.2. The van der Waals surface area contributed by atoms with E-state index in [4.69, 9.17) is 0 Å². The first-order valence-corrected chi connectivity index (χ1v) is 9.36. The van der Waals surface area contributed by atoms with E-state index in [-0.39, 0.29) is 11.9 Å². The van der Waals surface area contributed by atoms with Gasteiger partial charge in [0.15, 0.2) is 0 Å². The van der Waals surface area contributed by atoms with Gasteiger partial charge in [-0.2, -0.15) is 0 Å². The van der Waals surface area contributed by atoms with Crippen LogP contribution in [0.25, 0.3) is 22.5 Å². The maximum atomic E-state index is 13.4. The number of nitrogens with zero attached hydrogens (tertiary/aromatic N) is 4. The van der Waals surface area contributed by atoms with Gasteiger partial charge in [-0.25, -0.2) is 4.68 Å². The zero-order valence-corrected chi connectivity index (χ0v) is 16.0. The van der Waals surface area contributed by atoms with Crippen LogP contribution in [0.4, 0.5) is 5.69 Å². The predicted octanol–water partition coefficient (Wildman–Crippen LogP) is 4.43. The van der Waals surface area contributed by atoms with E-state index >= 15 is 0 Å². The third kappa shape index (κ3) is 2.14. The zero-order valence-electron chi connectivity index (χ0n) is 16.0. The first-order valence-electron chi connectivity index (χ1n) is 9.36. The molecule has 3 aromatic rings. The lowest BCUT2D eigenvalue weighted by Gasteiger charge is -2.32. The van der Waals surface area contributed by atoms with Crippen molar-refractivity contribution in [3.8, 4) is 22.5 Å². The van der Waals surface area contributed by atoms with Gasteiger partial charge >= 0.3 is 0 Å². The molecule has 0 bridgehead atoms. The molecular formula is C22H22N4O. The molecule has 0 spiro atoms. The largest absolute Gasteiger partial charge is 0.307 e. The minimum absolute atomic E-state index is 0.106. The number of hydrogen-bond acceptors (Lipinski definition) is 3. The number of carbonyl (C=O) groups excluding carboxylic acids is 1. The summed E-state index contributed by atoms with van der Waals surface area (Å²) in [5, 5.41) is 8.98. The molecular weight excluding hydrogens is 336 g/mol. The van der Waals surface area contributed by atoms with Crippen LogP contribution in [0.5, 0.6) is 0 Å². The molecule has 5 rings (SSSR count). The third-order valence-electron chi connectivity index (χ3n) is 5.60. The van der Waals surface area contributed by atoms with Gasteiger partial charge in [-0.05, 0) is 24.1 Å². The van der Waals surface area contributed by atoms with Gasteiger partial charge in [0.05, 0.1) is 24.0 Å². The van der Waals surface area contributed by atoms with Crippen molar-refractivity contribution in [2.75, 3.05) is 4.90 Å². The Morgan fingerprint density at radius 1 is 1.11 bits per heavy atom. The van der Waals surface area contributed by atoms with Crippen LogP contribution in [0, 0.1) is 5.41 Å². The topological polar surface area (TPSA) is 51.0 Å². The van der Waals surface area contributed by atoms with E-state index in [1.54, 1.807) is 0 Å². The second-order valence-corrected chi connectivity index (χ2v) is 8.45. The average Bonchev–Trinajstić information content (AvgIpc) is 3.17. The van der Waals surface area contributed by atoms with Crippen LogP contribution in [0.2, 0.25) is 0 Å². The summed E-state index contributed by atoms with van der Waals surface area (Å²) in [5.41, 5.74) is 6.90. The number of carbonyl (C=O) groups is 1. The van der Waals surface area contributed by atoms with Gasteiger partial charge in [0, 0.05) is 16.5 Å². The number of anilines is 1. The van der Waals surface area contributed by atoms with Gasteiger partial charge in [0.2, 0.25) is 5.91 Å². The maximum Gasteiger partial charge on any atom is 0.232 e. The summed E-state index contributed by atoms with van der Waals surface area (Å²) in [6.07, 6.45) is 0. The van der Waals surface area contributed by atoms with Crippen molar-refractivity contribution in [2.24, 2.45) is 5.41 Å². The molecule has 2 aromatic carbocycles. The van der Waals surface area contributed by atoms with Crippen molar-refractivity contribution in [3.05, 3.63) is 53.6 Å². The number of rotatable bonds is 0. The Balaban J connectivity index is 1.85. The highest BCUT2D eigenvalue weighted by Gasteiger charge is 2.38. The van der Waals surface area contributed by atoms with Gasteiger partial charge < -0.3 is 4.90 Å². The summed E-state index contributed by atoms with van der Waals surface area (Å²) in [6, 6.07) is 14.5. The second kappa shape index (κ2) is 5.28. The van der Waals surface area contributed by atoms with Crippen molar-refractivity contribution < 1.29 is 4.79 Å². The van der Waals surface area contributed by atoms with Gasteiger partial charge in [-0.3, -0.25) is 4.79 Å². The Bertz CT molecular complexity index is 1090. The molecule has 1 unspecified atom stereocenters. The molecule has 0 fully saturated rings. The first kappa shape index (κ1) is 16.2. The Morgan fingerprint density at radius 2 is 1.89 bits per heavy atom.